The van der Waals surface area contributed by atoms with Crippen LogP contribution in [0.5, 0.6) is 11.6 Å². The lowest BCUT2D eigenvalue weighted by molar-refractivity contribution is 0.183. The maximum absolute atomic E-state index is 15.0. The molecule has 34 heavy (non-hydrogen) atoms. The molecule has 9 heteroatoms. The number of pyridine rings is 3. The van der Waals surface area contributed by atoms with Gasteiger partial charge in [-0.2, -0.15) is 8.78 Å². The van der Waals surface area contributed by atoms with E-state index in [0.29, 0.717) is 39.4 Å². The van der Waals surface area contributed by atoms with Gasteiger partial charge in [0.05, 0.1) is 5.92 Å². The van der Waals surface area contributed by atoms with Gasteiger partial charge in [0.15, 0.2) is 0 Å². The van der Waals surface area contributed by atoms with Gasteiger partial charge >= 0.3 is 0 Å². The summed E-state index contributed by atoms with van der Waals surface area (Å²) in [6.45, 7) is 0.0554. The van der Waals surface area contributed by atoms with Gasteiger partial charge in [0.1, 0.15) is 17.9 Å². The molecule has 6 rings (SSSR count). The number of fused-ring (bicyclic) bond motifs is 4. The average Bonchev–Trinajstić information content (AvgIpc) is 2.85. The molecule has 2 aliphatic rings. The largest absolute Gasteiger partial charge is 0.465 e. The average molecular weight is 457 g/mol. The number of hydrogen-bond acceptors (Lipinski definition) is 7. The van der Waals surface area contributed by atoms with Crippen LogP contribution in [0.15, 0.2) is 78.2 Å². The standard InChI is InChI=1S/C25H17F2N5O2/c26-21-11-14(7-9-29-21)15-10-18-23(31-12-15)34-20-6-2-1-5-17(20)25(18)19(13-33-24(28)32-25)16-4-3-8-30-22(16)27/h1-12,19H,13H2,(H2,28,32). The Balaban J connectivity index is 1.67. The van der Waals surface area contributed by atoms with E-state index >= 15 is 4.39 Å². The number of nitrogens with two attached hydrogens (primary N) is 1. The van der Waals surface area contributed by atoms with Crippen molar-refractivity contribution in [3.8, 4) is 22.8 Å². The number of ether oxygens (including phenoxy) is 2. The molecule has 1 aromatic carbocycles. The van der Waals surface area contributed by atoms with Gasteiger partial charge in [-0.15, -0.1) is 0 Å². The fourth-order valence-electron chi connectivity index (χ4n) is 4.71. The van der Waals surface area contributed by atoms with Gasteiger partial charge in [0.2, 0.25) is 17.8 Å². The predicted molar refractivity (Wildman–Crippen MR) is 119 cm³/mol. The maximum atomic E-state index is 15.0. The third kappa shape index (κ3) is 3.01. The first kappa shape index (κ1) is 20.2. The number of rotatable bonds is 2. The van der Waals surface area contributed by atoms with Crippen LogP contribution >= 0.6 is 0 Å². The molecule has 0 amide bonds. The van der Waals surface area contributed by atoms with Crippen LogP contribution in [0.4, 0.5) is 8.78 Å². The van der Waals surface area contributed by atoms with Gasteiger partial charge in [0.25, 0.3) is 6.02 Å². The Morgan fingerprint density at radius 2 is 1.79 bits per heavy atom. The van der Waals surface area contributed by atoms with Crippen LogP contribution in [0.25, 0.3) is 11.1 Å². The second-order valence-electron chi connectivity index (χ2n) is 8.01. The lowest BCUT2D eigenvalue weighted by Crippen LogP contribution is -2.45. The van der Waals surface area contributed by atoms with Crippen molar-refractivity contribution >= 4 is 6.02 Å². The number of aromatic nitrogens is 3. The summed E-state index contributed by atoms with van der Waals surface area (Å²) >= 11 is 0. The van der Waals surface area contributed by atoms with Crippen LogP contribution in [0, 0.1) is 11.9 Å². The Hall–Kier alpha value is -4.40. The molecule has 0 saturated carbocycles. The Morgan fingerprint density at radius 1 is 0.912 bits per heavy atom. The molecule has 168 valence electrons. The number of halogens is 2. The van der Waals surface area contributed by atoms with E-state index in [1.807, 2.05) is 24.3 Å². The minimum absolute atomic E-state index is 0.0384. The summed E-state index contributed by atoms with van der Waals surface area (Å²) in [5.41, 5.74) is 7.64. The normalized spacial score (nSPS) is 20.5. The molecule has 4 aromatic rings. The van der Waals surface area contributed by atoms with Crippen molar-refractivity contribution in [2.24, 2.45) is 10.7 Å². The second kappa shape index (κ2) is 7.58. The molecule has 2 N–H and O–H groups in total. The van der Waals surface area contributed by atoms with Gasteiger partial charge in [-0.25, -0.2) is 19.9 Å². The Labute approximate surface area is 193 Å². The number of amidine groups is 1. The van der Waals surface area contributed by atoms with Crippen molar-refractivity contribution < 1.29 is 18.3 Å². The topological polar surface area (TPSA) is 95.5 Å². The molecule has 0 fully saturated rings. The fourth-order valence-corrected chi connectivity index (χ4v) is 4.71. The zero-order chi connectivity index (χ0) is 23.3. The highest BCUT2D eigenvalue weighted by atomic mass is 19.1. The predicted octanol–water partition coefficient (Wildman–Crippen LogP) is 4.29. The minimum atomic E-state index is -1.22. The number of aliphatic imine (C=N–C) groups is 1. The van der Waals surface area contributed by atoms with E-state index in [2.05, 4.69) is 15.0 Å². The summed E-state index contributed by atoms with van der Waals surface area (Å²) in [7, 11) is 0. The molecule has 5 heterocycles. The Kier molecular flexibility index (Phi) is 4.51. The van der Waals surface area contributed by atoms with E-state index in [-0.39, 0.29) is 12.6 Å². The summed E-state index contributed by atoms with van der Waals surface area (Å²) in [5, 5.41) is 0. The van der Waals surface area contributed by atoms with Crippen LogP contribution in [0.3, 0.4) is 0 Å². The van der Waals surface area contributed by atoms with Crippen molar-refractivity contribution in [1.29, 1.82) is 0 Å². The van der Waals surface area contributed by atoms with Gasteiger partial charge in [-0.05, 0) is 29.8 Å². The molecule has 1 spiro atoms. The molecule has 2 unspecified atom stereocenters. The summed E-state index contributed by atoms with van der Waals surface area (Å²) in [6, 6.07) is 15.4. The molecule has 2 aliphatic heterocycles. The van der Waals surface area contributed by atoms with Gasteiger partial charge < -0.3 is 15.2 Å². The maximum Gasteiger partial charge on any atom is 0.283 e. The van der Waals surface area contributed by atoms with Crippen LogP contribution in [-0.2, 0) is 10.3 Å². The first-order valence-corrected chi connectivity index (χ1v) is 10.5. The zero-order valence-electron chi connectivity index (χ0n) is 17.7. The SMILES string of the molecule is NC1=NC2(c3ccccc3Oc3ncc(-c4ccnc(F)c4)cc32)C(c2cccnc2F)CO1. The van der Waals surface area contributed by atoms with Crippen LogP contribution in [0.2, 0.25) is 0 Å². The van der Waals surface area contributed by atoms with Crippen LogP contribution < -0.4 is 10.5 Å². The molecule has 3 aromatic heterocycles. The third-order valence-corrected chi connectivity index (χ3v) is 6.18. The van der Waals surface area contributed by atoms with E-state index in [4.69, 9.17) is 20.2 Å². The smallest absolute Gasteiger partial charge is 0.283 e. The molecule has 0 radical (unpaired) electrons. The highest BCUT2D eigenvalue weighted by molar-refractivity contribution is 5.76. The summed E-state index contributed by atoms with van der Waals surface area (Å²) in [4.78, 5) is 16.8. The molecule has 0 saturated heterocycles. The van der Waals surface area contributed by atoms with E-state index in [1.54, 1.807) is 30.5 Å². The molecule has 7 nitrogen and oxygen atoms in total. The van der Waals surface area contributed by atoms with Crippen molar-refractivity contribution in [3.63, 3.8) is 0 Å². The summed E-state index contributed by atoms with van der Waals surface area (Å²) < 4.78 is 40.6. The van der Waals surface area contributed by atoms with Gasteiger partial charge in [-0.3, -0.25) is 0 Å². The monoisotopic (exact) mass is 457 g/mol. The summed E-state index contributed by atoms with van der Waals surface area (Å²) in [6.07, 6.45) is 4.35. The van der Waals surface area contributed by atoms with E-state index < -0.39 is 23.4 Å². The second-order valence-corrected chi connectivity index (χ2v) is 8.01. The quantitative estimate of drug-likeness (QED) is 0.451. The lowest BCUT2D eigenvalue weighted by atomic mass is 9.69. The van der Waals surface area contributed by atoms with Crippen molar-refractivity contribution in [1.82, 2.24) is 15.0 Å². The first-order chi connectivity index (χ1) is 16.6. The number of benzene rings is 1. The molecule has 2 atom stereocenters. The Bertz CT molecular complexity index is 1460. The van der Waals surface area contributed by atoms with Gasteiger partial charge in [-0.1, -0.05) is 24.3 Å². The van der Waals surface area contributed by atoms with Crippen molar-refractivity contribution in [3.05, 3.63) is 102 Å². The molecule has 0 aliphatic carbocycles. The van der Waals surface area contributed by atoms with Crippen molar-refractivity contribution in [2.45, 2.75) is 11.5 Å². The van der Waals surface area contributed by atoms with E-state index in [9.17, 15) is 4.39 Å². The van der Waals surface area contributed by atoms with E-state index in [0.717, 1.165) is 0 Å². The fraction of sp³-hybridized carbons (Fsp3) is 0.120. The lowest BCUT2D eigenvalue weighted by Gasteiger charge is -2.44. The van der Waals surface area contributed by atoms with Crippen molar-refractivity contribution in [2.75, 3.05) is 6.61 Å². The minimum Gasteiger partial charge on any atom is -0.465 e. The van der Waals surface area contributed by atoms with Crippen LogP contribution in [0.1, 0.15) is 22.6 Å². The number of nitrogens with zero attached hydrogens (tertiary/aromatic N) is 4. The van der Waals surface area contributed by atoms with Gasteiger partial charge in [0, 0.05) is 46.9 Å². The molecular weight excluding hydrogens is 440 g/mol. The Morgan fingerprint density at radius 3 is 2.65 bits per heavy atom. The highest BCUT2D eigenvalue weighted by Gasteiger charge is 2.53. The first-order valence-electron chi connectivity index (χ1n) is 10.5. The van der Waals surface area contributed by atoms with Crippen LogP contribution in [-0.4, -0.2) is 27.6 Å². The zero-order valence-corrected chi connectivity index (χ0v) is 17.7. The molecule has 0 bridgehead atoms. The third-order valence-electron chi connectivity index (χ3n) is 6.18. The number of para-hydroxylation sites is 1. The number of hydrogen-bond donors (Lipinski definition) is 1. The molecular formula is C25H17F2N5O2. The highest BCUT2D eigenvalue weighted by Crippen LogP contribution is 2.56. The van der Waals surface area contributed by atoms with E-state index in [1.165, 1.54) is 18.5 Å². The summed E-state index contributed by atoms with van der Waals surface area (Å²) in [5.74, 6) is -1.06.